The molecule has 0 aliphatic carbocycles. The largest absolute Gasteiger partial charge is 0.495 e. The molecule has 1 amide bonds. The van der Waals surface area contributed by atoms with Gasteiger partial charge in [0.1, 0.15) is 24.3 Å². The number of methoxy groups -OCH3 is 1. The number of nitrogens with one attached hydrogen (secondary N) is 1. The molecule has 0 aromatic heterocycles. The van der Waals surface area contributed by atoms with Crippen LogP contribution in [0.5, 0.6) is 5.75 Å². The van der Waals surface area contributed by atoms with Crippen LogP contribution in [0.2, 0.25) is 0 Å². The van der Waals surface area contributed by atoms with Crippen LogP contribution < -0.4 is 15.8 Å². The second-order valence-electron chi connectivity index (χ2n) is 5.91. The minimum absolute atomic E-state index is 0.00621. The zero-order chi connectivity index (χ0) is 19.8. The Bertz CT molecular complexity index is 757. The first-order valence-corrected chi connectivity index (χ1v) is 8.36. The fraction of sp³-hybridized carbons (Fsp3) is 0.316. The zero-order valence-electron chi connectivity index (χ0n) is 14.9. The van der Waals surface area contributed by atoms with Crippen LogP contribution in [0, 0.1) is 5.82 Å². The lowest BCUT2D eigenvalue weighted by Crippen LogP contribution is -2.30. The van der Waals surface area contributed by atoms with Gasteiger partial charge in [-0.1, -0.05) is 30.3 Å². The van der Waals surface area contributed by atoms with Crippen molar-refractivity contribution in [3.8, 4) is 5.75 Å². The zero-order valence-corrected chi connectivity index (χ0v) is 14.9. The van der Waals surface area contributed by atoms with Gasteiger partial charge in [-0.05, 0) is 18.1 Å². The van der Waals surface area contributed by atoms with Crippen LogP contribution >= 0.6 is 0 Å². The van der Waals surface area contributed by atoms with Gasteiger partial charge in [-0.25, -0.2) is 9.18 Å². The molecule has 27 heavy (non-hydrogen) atoms. The Morgan fingerprint density at radius 2 is 1.96 bits per heavy atom. The van der Waals surface area contributed by atoms with Crippen molar-refractivity contribution in [3.63, 3.8) is 0 Å². The van der Waals surface area contributed by atoms with Crippen molar-refractivity contribution in [3.05, 3.63) is 59.4 Å². The van der Waals surface area contributed by atoms with Gasteiger partial charge in [0.2, 0.25) is 0 Å². The molecule has 0 fully saturated rings. The number of amides is 1. The van der Waals surface area contributed by atoms with Crippen molar-refractivity contribution in [1.29, 1.82) is 0 Å². The Morgan fingerprint density at radius 1 is 1.26 bits per heavy atom. The molecule has 5 N–H and O–H groups in total. The summed E-state index contributed by atoms with van der Waals surface area (Å²) < 4.78 is 24.0. The van der Waals surface area contributed by atoms with Gasteiger partial charge in [-0.3, -0.25) is 0 Å². The van der Waals surface area contributed by atoms with Crippen LogP contribution in [0.4, 0.5) is 14.9 Å². The van der Waals surface area contributed by atoms with E-state index in [1.54, 1.807) is 0 Å². The molecule has 0 aliphatic heterocycles. The molecule has 2 unspecified atom stereocenters. The highest BCUT2D eigenvalue weighted by molar-refractivity contribution is 5.67. The first kappa shape index (κ1) is 20.5. The predicted octanol–water partition coefficient (Wildman–Crippen LogP) is 2.13. The number of carbonyl (C=O) groups is 1. The normalized spacial score (nSPS) is 12.9. The first-order valence-electron chi connectivity index (χ1n) is 8.36. The Kier molecular flexibility index (Phi) is 7.39. The van der Waals surface area contributed by atoms with E-state index >= 15 is 0 Å². The van der Waals surface area contributed by atoms with E-state index in [1.165, 1.54) is 13.2 Å². The number of benzene rings is 2. The van der Waals surface area contributed by atoms with E-state index < -0.39 is 24.1 Å². The summed E-state index contributed by atoms with van der Waals surface area (Å²) in [4.78, 5) is 11.6. The number of nitrogens with two attached hydrogens (primary N) is 1. The Hall–Kier alpha value is -2.84. The summed E-state index contributed by atoms with van der Waals surface area (Å²) in [7, 11) is 1.36. The number of anilines is 1. The molecule has 0 bridgehead atoms. The van der Waals surface area contributed by atoms with E-state index in [2.05, 4.69) is 5.32 Å². The summed E-state index contributed by atoms with van der Waals surface area (Å²) in [5, 5.41) is 22.7. The lowest BCUT2D eigenvalue weighted by Gasteiger charge is -2.20. The van der Waals surface area contributed by atoms with E-state index in [4.69, 9.17) is 15.2 Å². The monoisotopic (exact) mass is 378 g/mol. The number of rotatable bonds is 8. The van der Waals surface area contributed by atoms with Gasteiger partial charge in [0, 0.05) is 18.2 Å². The summed E-state index contributed by atoms with van der Waals surface area (Å²) in [5.74, 6) is -0.560. The van der Waals surface area contributed by atoms with E-state index in [1.807, 2.05) is 30.3 Å². The number of carbonyl (C=O) groups excluding carboxylic acids is 1. The van der Waals surface area contributed by atoms with Gasteiger partial charge in [0.25, 0.3) is 0 Å². The predicted molar refractivity (Wildman–Crippen MR) is 97.6 cm³/mol. The number of hydrogen-bond acceptors (Lipinski definition) is 6. The maximum atomic E-state index is 14.0. The highest BCUT2D eigenvalue weighted by atomic mass is 19.1. The summed E-state index contributed by atoms with van der Waals surface area (Å²) in [6, 6.07) is 11.4. The molecular formula is C19H23FN2O5. The van der Waals surface area contributed by atoms with Crippen molar-refractivity contribution in [1.82, 2.24) is 5.32 Å². The molecule has 0 saturated heterocycles. The average Bonchev–Trinajstić information content (AvgIpc) is 2.66. The highest BCUT2D eigenvalue weighted by Crippen LogP contribution is 2.30. The number of alkyl carbamates (subject to hydrolysis) is 1. The lowest BCUT2D eigenvalue weighted by atomic mass is 10.0. The molecule has 0 saturated carbocycles. The summed E-state index contributed by atoms with van der Waals surface area (Å²) in [5.41, 5.74) is 6.38. The van der Waals surface area contributed by atoms with Crippen LogP contribution in [0.15, 0.2) is 42.5 Å². The van der Waals surface area contributed by atoms with Crippen molar-refractivity contribution in [2.75, 3.05) is 19.4 Å². The summed E-state index contributed by atoms with van der Waals surface area (Å²) in [6.45, 7) is 0.161. The number of aliphatic hydroxyl groups is 2. The molecule has 7 nitrogen and oxygen atoms in total. The topological polar surface area (TPSA) is 114 Å². The van der Waals surface area contributed by atoms with Crippen molar-refractivity contribution >= 4 is 11.8 Å². The second-order valence-corrected chi connectivity index (χ2v) is 5.91. The number of halogens is 1. The van der Waals surface area contributed by atoms with Gasteiger partial charge in [0.15, 0.2) is 0 Å². The van der Waals surface area contributed by atoms with E-state index in [0.717, 1.165) is 11.6 Å². The molecule has 8 heteroatoms. The van der Waals surface area contributed by atoms with Gasteiger partial charge in [0.05, 0.1) is 18.9 Å². The van der Waals surface area contributed by atoms with Crippen molar-refractivity contribution < 1.29 is 28.9 Å². The van der Waals surface area contributed by atoms with Gasteiger partial charge in [-0.2, -0.15) is 0 Å². The van der Waals surface area contributed by atoms with Crippen LogP contribution in [-0.2, 0) is 11.3 Å². The van der Waals surface area contributed by atoms with Gasteiger partial charge < -0.3 is 30.7 Å². The summed E-state index contributed by atoms with van der Waals surface area (Å²) >= 11 is 0. The van der Waals surface area contributed by atoms with E-state index in [9.17, 15) is 19.4 Å². The molecule has 146 valence electrons. The summed E-state index contributed by atoms with van der Waals surface area (Å²) in [6.07, 6.45) is -3.46. The molecule has 0 spiro atoms. The minimum atomic E-state index is -1.50. The molecule has 0 aliphatic rings. The molecule has 2 rings (SSSR count). The quantitative estimate of drug-likeness (QED) is 0.523. The number of ether oxygens (including phenoxy) is 2. The second kappa shape index (κ2) is 9.75. The van der Waals surface area contributed by atoms with Crippen molar-refractivity contribution in [2.45, 2.75) is 25.2 Å². The average molecular weight is 378 g/mol. The van der Waals surface area contributed by atoms with Gasteiger partial charge >= 0.3 is 6.09 Å². The van der Waals surface area contributed by atoms with Crippen molar-refractivity contribution in [2.24, 2.45) is 0 Å². The Balaban J connectivity index is 1.81. The third-order valence-corrected chi connectivity index (χ3v) is 3.95. The fourth-order valence-corrected chi connectivity index (χ4v) is 2.45. The minimum Gasteiger partial charge on any atom is -0.495 e. The maximum Gasteiger partial charge on any atom is 0.407 e. The Labute approximate surface area is 156 Å². The van der Waals surface area contributed by atoms with Crippen LogP contribution in [0.1, 0.15) is 23.7 Å². The number of nitrogen functional groups attached to an aromatic ring is 1. The number of hydrogen-bond donors (Lipinski definition) is 4. The fourth-order valence-electron chi connectivity index (χ4n) is 2.45. The van der Waals surface area contributed by atoms with Crippen LogP contribution in [0.25, 0.3) is 0 Å². The lowest BCUT2D eigenvalue weighted by molar-refractivity contribution is 0.0115. The molecule has 0 heterocycles. The smallest absolute Gasteiger partial charge is 0.407 e. The standard InChI is InChI=1S/C19H23FN2O5/c1-26-17-9-13(14(20)10-15(17)21)18(24)16(23)7-8-22-19(25)27-11-12-5-3-2-4-6-12/h2-6,9-10,16,18,23-24H,7-8,11,21H2,1H3,(H,22,25). The highest BCUT2D eigenvalue weighted by Gasteiger charge is 2.23. The van der Waals surface area contributed by atoms with Crippen LogP contribution in [-0.4, -0.2) is 36.1 Å². The third kappa shape index (κ3) is 5.83. The molecule has 2 aromatic carbocycles. The first-order chi connectivity index (χ1) is 12.9. The molecule has 0 radical (unpaired) electrons. The third-order valence-electron chi connectivity index (χ3n) is 3.95. The van der Waals surface area contributed by atoms with Crippen LogP contribution in [0.3, 0.4) is 0 Å². The number of aliphatic hydroxyl groups excluding tert-OH is 2. The maximum absolute atomic E-state index is 14.0. The molecule has 2 aromatic rings. The SMILES string of the molecule is COc1cc(C(O)C(O)CCNC(=O)OCc2ccccc2)c(F)cc1N. The molecule has 2 atom stereocenters. The Morgan fingerprint density at radius 3 is 2.63 bits per heavy atom. The van der Waals surface area contributed by atoms with Gasteiger partial charge in [-0.15, -0.1) is 0 Å². The molecular weight excluding hydrogens is 355 g/mol. The van der Waals surface area contributed by atoms with E-state index in [0.29, 0.717) is 0 Å². The van der Waals surface area contributed by atoms with E-state index in [-0.39, 0.29) is 36.6 Å².